The molecule has 3 rings (SSSR count). The van der Waals surface area contributed by atoms with Gasteiger partial charge in [-0.15, -0.1) is 0 Å². The van der Waals surface area contributed by atoms with Crippen molar-refractivity contribution in [3.8, 4) is 17.1 Å². The van der Waals surface area contributed by atoms with E-state index in [0.717, 1.165) is 44.0 Å². The minimum absolute atomic E-state index is 0.211. The summed E-state index contributed by atoms with van der Waals surface area (Å²) in [5.41, 5.74) is 1.15. The molecule has 146 valence electrons. The zero-order valence-corrected chi connectivity index (χ0v) is 16.3. The molecule has 1 aliphatic heterocycles. The van der Waals surface area contributed by atoms with Crippen LogP contribution in [0.1, 0.15) is 24.3 Å². The van der Waals surface area contributed by atoms with Gasteiger partial charge in [0.05, 0.1) is 7.11 Å². The number of hydrogen-bond acceptors (Lipinski definition) is 6. The fraction of sp³-hybridized carbons (Fsp3) is 0.500. The predicted octanol–water partition coefficient (Wildman–Crippen LogP) is 2.11. The van der Waals surface area contributed by atoms with Crippen molar-refractivity contribution in [2.75, 3.05) is 46.4 Å². The van der Waals surface area contributed by atoms with Crippen molar-refractivity contribution in [3.05, 3.63) is 36.0 Å². The van der Waals surface area contributed by atoms with Crippen LogP contribution in [0.3, 0.4) is 0 Å². The molecule has 1 aromatic carbocycles. The molecule has 0 radical (unpaired) electrons. The summed E-state index contributed by atoms with van der Waals surface area (Å²) in [6.07, 6.45) is 0. The van der Waals surface area contributed by atoms with Gasteiger partial charge in [0.2, 0.25) is 0 Å². The monoisotopic (exact) mass is 372 g/mol. The van der Waals surface area contributed by atoms with Gasteiger partial charge in [-0.3, -0.25) is 9.69 Å². The highest BCUT2D eigenvalue weighted by molar-refractivity contribution is 5.93. The summed E-state index contributed by atoms with van der Waals surface area (Å²) in [6, 6.07) is 9.40. The van der Waals surface area contributed by atoms with Crippen molar-refractivity contribution in [2.45, 2.75) is 19.9 Å². The fourth-order valence-corrected chi connectivity index (χ4v) is 3.25. The molecular formula is C20H28N4O3. The summed E-state index contributed by atoms with van der Waals surface area (Å²) >= 11 is 0. The Hall–Kier alpha value is -2.38. The Morgan fingerprint density at radius 1 is 1.26 bits per heavy atom. The molecule has 1 amide bonds. The lowest BCUT2D eigenvalue weighted by molar-refractivity contribution is 0.0876. The number of nitrogens with one attached hydrogen (secondary N) is 1. The molecule has 2 heterocycles. The van der Waals surface area contributed by atoms with E-state index in [1.807, 2.05) is 24.3 Å². The van der Waals surface area contributed by atoms with E-state index in [2.05, 4.69) is 34.1 Å². The third kappa shape index (κ3) is 4.87. The number of carbonyl (C=O) groups is 1. The van der Waals surface area contributed by atoms with Crippen molar-refractivity contribution in [2.24, 2.45) is 0 Å². The number of methoxy groups -OCH3 is 1. The molecule has 1 atom stereocenters. The van der Waals surface area contributed by atoms with Gasteiger partial charge in [-0.1, -0.05) is 12.1 Å². The Balaban J connectivity index is 1.52. The van der Waals surface area contributed by atoms with Crippen LogP contribution in [-0.2, 0) is 0 Å². The zero-order valence-electron chi connectivity index (χ0n) is 16.3. The van der Waals surface area contributed by atoms with Crippen LogP contribution in [0, 0.1) is 0 Å². The Morgan fingerprint density at radius 3 is 2.59 bits per heavy atom. The van der Waals surface area contributed by atoms with Gasteiger partial charge in [0.1, 0.15) is 5.75 Å². The zero-order chi connectivity index (χ0) is 19.2. The number of carbonyl (C=O) groups excluding carboxylic acids is 1. The SMILES string of the molecule is CCN1CCN(C(C)CNC(=O)c2cc(-c3ccc(OC)cc3)on2)CC1. The van der Waals surface area contributed by atoms with Gasteiger partial charge in [-0.25, -0.2) is 0 Å². The van der Waals surface area contributed by atoms with Gasteiger partial charge in [0.15, 0.2) is 11.5 Å². The van der Waals surface area contributed by atoms with Crippen molar-refractivity contribution in [1.29, 1.82) is 0 Å². The van der Waals surface area contributed by atoms with Gasteiger partial charge in [0.25, 0.3) is 5.91 Å². The summed E-state index contributed by atoms with van der Waals surface area (Å²) in [6.45, 7) is 10.3. The second-order valence-electron chi connectivity index (χ2n) is 6.83. The minimum atomic E-state index is -0.211. The number of piperazine rings is 1. The minimum Gasteiger partial charge on any atom is -0.497 e. The normalized spacial score (nSPS) is 16.9. The van der Waals surface area contributed by atoms with Crippen LogP contribution in [0.15, 0.2) is 34.9 Å². The number of aromatic nitrogens is 1. The third-order valence-electron chi connectivity index (χ3n) is 5.15. The number of rotatable bonds is 7. The molecule has 7 heteroatoms. The van der Waals surface area contributed by atoms with E-state index in [9.17, 15) is 4.79 Å². The highest BCUT2D eigenvalue weighted by Gasteiger charge is 2.21. The third-order valence-corrected chi connectivity index (χ3v) is 5.15. The number of amides is 1. The second kappa shape index (κ2) is 9.01. The number of benzene rings is 1. The van der Waals surface area contributed by atoms with Crippen LogP contribution in [0.25, 0.3) is 11.3 Å². The molecule has 1 N–H and O–H groups in total. The summed E-state index contributed by atoms with van der Waals surface area (Å²) in [7, 11) is 1.62. The first-order valence-corrected chi connectivity index (χ1v) is 9.46. The lowest BCUT2D eigenvalue weighted by Crippen LogP contribution is -2.52. The number of ether oxygens (including phenoxy) is 1. The van der Waals surface area contributed by atoms with Crippen LogP contribution in [0.2, 0.25) is 0 Å². The molecule has 7 nitrogen and oxygen atoms in total. The topological polar surface area (TPSA) is 70.8 Å². The molecule has 1 aromatic heterocycles. The summed E-state index contributed by atoms with van der Waals surface area (Å²) in [5.74, 6) is 1.12. The van der Waals surface area contributed by atoms with Crippen LogP contribution in [0.5, 0.6) is 5.75 Å². The Bertz CT molecular complexity index is 736. The molecule has 1 aliphatic rings. The lowest BCUT2D eigenvalue weighted by Gasteiger charge is -2.37. The van der Waals surface area contributed by atoms with Gasteiger partial charge in [-0.2, -0.15) is 0 Å². The van der Waals surface area contributed by atoms with Crippen molar-refractivity contribution >= 4 is 5.91 Å². The van der Waals surface area contributed by atoms with E-state index >= 15 is 0 Å². The van der Waals surface area contributed by atoms with E-state index in [4.69, 9.17) is 9.26 Å². The smallest absolute Gasteiger partial charge is 0.273 e. The Morgan fingerprint density at radius 2 is 1.96 bits per heavy atom. The van der Waals surface area contributed by atoms with Crippen LogP contribution < -0.4 is 10.1 Å². The van der Waals surface area contributed by atoms with Gasteiger partial charge >= 0.3 is 0 Å². The first-order chi connectivity index (χ1) is 13.1. The maximum atomic E-state index is 12.4. The Labute approximate surface area is 160 Å². The van der Waals surface area contributed by atoms with Crippen molar-refractivity contribution in [1.82, 2.24) is 20.3 Å². The van der Waals surface area contributed by atoms with Crippen molar-refractivity contribution < 1.29 is 14.1 Å². The summed E-state index contributed by atoms with van der Waals surface area (Å²) in [5, 5.41) is 6.88. The van der Waals surface area contributed by atoms with Crippen LogP contribution in [0.4, 0.5) is 0 Å². The van der Waals surface area contributed by atoms with E-state index in [1.54, 1.807) is 13.2 Å². The average Bonchev–Trinajstić information content (AvgIpc) is 3.22. The second-order valence-corrected chi connectivity index (χ2v) is 6.83. The maximum Gasteiger partial charge on any atom is 0.273 e. The molecule has 0 aliphatic carbocycles. The van der Waals surface area contributed by atoms with Crippen molar-refractivity contribution in [3.63, 3.8) is 0 Å². The maximum absolute atomic E-state index is 12.4. The molecule has 2 aromatic rings. The van der Waals surface area contributed by atoms with E-state index in [-0.39, 0.29) is 5.91 Å². The standard InChI is InChI=1S/C20H28N4O3/c1-4-23-9-11-24(12-10-23)15(2)14-21-20(25)18-13-19(27-22-18)16-5-7-17(26-3)8-6-16/h5-8,13,15H,4,9-12,14H2,1-3H3,(H,21,25). The largest absolute Gasteiger partial charge is 0.497 e. The molecule has 0 bridgehead atoms. The first-order valence-electron chi connectivity index (χ1n) is 9.46. The molecule has 1 fully saturated rings. The molecule has 0 spiro atoms. The van der Waals surface area contributed by atoms with Gasteiger partial charge in [-0.05, 0) is 37.7 Å². The first kappa shape index (κ1) is 19.4. The Kier molecular flexibility index (Phi) is 6.47. The highest BCUT2D eigenvalue weighted by atomic mass is 16.5. The molecule has 1 saturated heterocycles. The average molecular weight is 372 g/mol. The molecule has 27 heavy (non-hydrogen) atoms. The fourth-order valence-electron chi connectivity index (χ4n) is 3.25. The molecule has 1 unspecified atom stereocenters. The van der Waals surface area contributed by atoms with Crippen LogP contribution in [-0.4, -0.2) is 73.3 Å². The summed E-state index contributed by atoms with van der Waals surface area (Å²) < 4.78 is 10.5. The van der Waals surface area contributed by atoms with Gasteiger partial charge in [0, 0.05) is 50.4 Å². The predicted molar refractivity (Wildman–Crippen MR) is 104 cm³/mol. The number of nitrogens with zero attached hydrogens (tertiary/aromatic N) is 3. The quantitative estimate of drug-likeness (QED) is 0.803. The number of hydrogen-bond donors (Lipinski definition) is 1. The van der Waals surface area contributed by atoms with Gasteiger partial charge < -0.3 is 19.5 Å². The van der Waals surface area contributed by atoms with Crippen LogP contribution >= 0.6 is 0 Å². The molecule has 0 saturated carbocycles. The van der Waals surface area contributed by atoms with E-state index < -0.39 is 0 Å². The van der Waals surface area contributed by atoms with E-state index in [0.29, 0.717) is 24.0 Å². The number of likely N-dealkylation sites (N-methyl/N-ethyl adjacent to an activating group) is 1. The lowest BCUT2D eigenvalue weighted by atomic mass is 10.1. The molecular weight excluding hydrogens is 344 g/mol. The highest BCUT2D eigenvalue weighted by Crippen LogP contribution is 2.23. The van der Waals surface area contributed by atoms with E-state index in [1.165, 1.54) is 0 Å². The summed E-state index contributed by atoms with van der Waals surface area (Å²) in [4.78, 5) is 17.3.